The molecule has 4 bridgehead atoms. The molecular formula is C49H36N2O. The van der Waals surface area contributed by atoms with E-state index in [1.807, 2.05) is 0 Å². The second kappa shape index (κ2) is 9.80. The van der Waals surface area contributed by atoms with Crippen LogP contribution >= 0.6 is 0 Å². The Bertz CT molecular complexity index is 2950. The summed E-state index contributed by atoms with van der Waals surface area (Å²) in [5.74, 6) is 4.19. The van der Waals surface area contributed by atoms with Gasteiger partial charge in [-0.3, -0.25) is 4.57 Å². The molecule has 4 fully saturated rings. The van der Waals surface area contributed by atoms with Gasteiger partial charge in [0, 0.05) is 38.2 Å². The summed E-state index contributed by atoms with van der Waals surface area (Å²) in [6, 6.07) is 49.2. The Morgan fingerprint density at radius 1 is 0.519 bits per heavy atom. The summed E-state index contributed by atoms with van der Waals surface area (Å²) in [6.07, 6.45) is 6.95. The highest BCUT2D eigenvalue weighted by Crippen LogP contribution is 2.70. The molecule has 2 aromatic heterocycles. The molecule has 0 atom stereocenters. The summed E-state index contributed by atoms with van der Waals surface area (Å²) in [4.78, 5) is 5.68. The van der Waals surface area contributed by atoms with E-state index >= 15 is 0 Å². The molecule has 3 nitrogen and oxygen atoms in total. The van der Waals surface area contributed by atoms with Crippen LogP contribution in [0.4, 0.5) is 0 Å². The number of hydrogen-bond acceptors (Lipinski definition) is 2. The molecule has 0 aliphatic heterocycles. The first kappa shape index (κ1) is 28.0. The van der Waals surface area contributed by atoms with Gasteiger partial charge in [-0.2, -0.15) is 0 Å². The number of hydrogen-bond donors (Lipinski definition) is 0. The third kappa shape index (κ3) is 3.32. The fraction of sp³-hybridized carbons (Fsp3) is 0.204. The fourth-order valence-electron chi connectivity index (χ4n) is 12.4. The van der Waals surface area contributed by atoms with E-state index in [-0.39, 0.29) is 5.41 Å². The first-order chi connectivity index (χ1) is 25.8. The van der Waals surface area contributed by atoms with Gasteiger partial charge in [-0.1, -0.05) is 109 Å². The minimum absolute atomic E-state index is 0.0983. The van der Waals surface area contributed by atoms with Gasteiger partial charge < -0.3 is 4.42 Å². The SMILES string of the molecule is c1ccc(-n2c(-c3cccc4oc5ccc6c(c5c34)-c3ccccc3C63C4CC5CC(C4)CC3C5)nc3c4ccccc4c4ccccc4c32)cc1. The van der Waals surface area contributed by atoms with Crippen LogP contribution in [0.15, 0.2) is 138 Å². The first-order valence-electron chi connectivity index (χ1n) is 19.2. The largest absolute Gasteiger partial charge is 0.456 e. The van der Waals surface area contributed by atoms with E-state index in [2.05, 4.69) is 138 Å². The van der Waals surface area contributed by atoms with E-state index in [0.29, 0.717) is 11.8 Å². The molecule has 3 heteroatoms. The van der Waals surface area contributed by atoms with Crippen molar-refractivity contribution in [3.05, 3.63) is 145 Å². The summed E-state index contributed by atoms with van der Waals surface area (Å²) in [7, 11) is 0. The minimum atomic E-state index is 0.0983. The third-order valence-corrected chi connectivity index (χ3v) is 14.0. The van der Waals surface area contributed by atoms with Crippen molar-refractivity contribution in [1.29, 1.82) is 0 Å². The van der Waals surface area contributed by atoms with Crippen molar-refractivity contribution < 1.29 is 4.42 Å². The number of furan rings is 1. The second-order valence-electron chi connectivity index (χ2n) is 16.3. The maximum atomic E-state index is 6.87. The number of imidazole rings is 1. The van der Waals surface area contributed by atoms with E-state index in [1.165, 1.54) is 75.5 Å². The maximum absolute atomic E-state index is 6.87. The number of aromatic nitrogens is 2. The van der Waals surface area contributed by atoms with Gasteiger partial charge in [-0.05, 0) is 113 Å². The molecule has 9 aromatic rings. The second-order valence-corrected chi connectivity index (χ2v) is 16.3. The lowest BCUT2D eigenvalue weighted by Crippen LogP contribution is -2.55. The minimum Gasteiger partial charge on any atom is -0.456 e. The van der Waals surface area contributed by atoms with Crippen LogP contribution in [0, 0.1) is 23.7 Å². The molecule has 4 saturated carbocycles. The number of benzene rings is 7. The Morgan fingerprint density at radius 2 is 1.15 bits per heavy atom. The summed E-state index contributed by atoms with van der Waals surface area (Å²) in [6.45, 7) is 0. The smallest absolute Gasteiger partial charge is 0.146 e. The quantitative estimate of drug-likeness (QED) is 0.172. The monoisotopic (exact) mass is 668 g/mol. The van der Waals surface area contributed by atoms with Crippen molar-refractivity contribution in [2.45, 2.75) is 37.5 Å². The van der Waals surface area contributed by atoms with E-state index in [4.69, 9.17) is 9.40 Å². The topological polar surface area (TPSA) is 31.0 Å². The van der Waals surface area contributed by atoms with Crippen molar-refractivity contribution in [2.24, 2.45) is 23.7 Å². The summed E-state index contributed by atoms with van der Waals surface area (Å²) < 4.78 is 9.28. The van der Waals surface area contributed by atoms with Crippen molar-refractivity contribution in [1.82, 2.24) is 9.55 Å². The van der Waals surface area contributed by atoms with Crippen LogP contribution in [0.3, 0.4) is 0 Å². The summed E-state index contributed by atoms with van der Waals surface area (Å²) >= 11 is 0. The van der Waals surface area contributed by atoms with Crippen molar-refractivity contribution in [3.8, 4) is 28.2 Å². The molecule has 0 unspecified atom stereocenters. The molecule has 0 N–H and O–H groups in total. The zero-order chi connectivity index (χ0) is 33.7. The molecule has 248 valence electrons. The van der Waals surface area contributed by atoms with Crippen molar-refractivity contribution >= 4 is 54.5 Å². The van der Waals surface area contributed by atoms with Gasteiger partial charge in [0.15, 0.2) is 0 Å². The molecule has 2 heterocycles. The number of rotatable bonds is 2. The average molecular weight is 669 g/mol. The summed E-state index contributed by atoms with van der Waals surface area (Å²) in [5.41, 5.74) is 12.3. The lowest BCUT2D eigenvalue weighted by Gasteiger charge is -2.61. The predicted octanol–water partition coefficient (Wildman–Crippen LogP) is 12.6. The van der Waals surface area contributed by atoms with Crippen molar-refractivity contribution in [3.63, 3.8) is 0 Å². The number of fused-ring (bicyclic) bond motifs is 13. The molecule has 5 aliphatic carbocycles. The molecule has 0 radical (unpaired) electrons. The van der Waals surface area contributed by atoms with Gasteiger partial charge in [0.2, 0.25) is 0 Å². The number of para-hydroxylation sites is 1. The molecule has 1 spiro atoms. The first-order valence-corrected chi connectivity index (χ1v) is 19.2. The van der Waals surface area contributed by atoms with Crippen LogP contribution < -0.4 is 0 Å². The highest BCUT2D eigenvalue weighted by atomic mass is 16.3. The molecule has 52 heavy (non-hydrogen) atoms. The van der Waals surface area contributed by atoms with Crippen LogP contribution in [0.5, 0.6) is 0 Å². The van der Waals surface area contributed by atoms with Gasteiger partial charge >= 0.3 is 0 Å². The Balaban J connectivity index is 1.18. The highest BCUT2D eigenvalue weighted by molar-refractivity contribution is 6.25. The van der Waals surface area contributed by atoms with E-state index in [0.717, 1.165) is 51.1 Å². The van der Waals surface area contributed by atoms with E-state index in [1.54, 1.807) is 11.1 Å². The lowest BCUT2D eigenvalue weighted by molar-refractivity contribution is -0.0399. The van der Waals surface area contributed by atoms with Crippen LogP contribution in [-0.2, 0) is 5.41 Å². The molecule has 0 amide bonds. The zero-order valence-electron chi connectivity index (χ0n) is 28.8. The Kier molecular flexibility index (Phi) is 5.27. The van der Waals surface area contributed by atoms with Gasteiger partial charge in [0.05, 0.1) is 11.0 Å². The molecule has 7 aromatic carbocycles. The third-order valence-electron chi connectivity index (χ3n) is 14.0. The average Bonchev–Trinajstić information content (AvgIpc) is 3.86. The van der Waals surface area contributed by atoms with E-state index < -0.39 is 0 Å². The van der Waals surface area contributed by atoms with Crippen LogP contribution in [-0.4, -0.2) is 9.55 Å². The fourth-order valence-corrected chi connectivity index (χ4v) is 12.4. The predicted molar refractivity (Wildman–Crippen MR) is 212 cm³/mol. The van der Waals surface area contributed by atoms with Gasteiger partial charge in [-0.25, -0.2) is 4.98 Å². The standard InChI is InChI=1S/C49H36N2O/c1-2-11-32(12-3-1)51-47-36-16-7-5-14-34(36)33-13-4-6-15-35(33)46(47)50-48(51)38-18-10-20-41-44(38)45-42(52-41)22-21-40-43(45)37-17-8-9-19-39(37)49(40)30-24-28-23-29(26-30)27-31(49)25-28/h1-22,28-31H,23-27H2. The maximum Gasteiger partial charge on any atom is 0.146 e. The zero-order valence-corrected chi connectivity index (χ0v) is 28.8. The van der Waals surface area contributed by atoms with Gasteiger partial charge in [0.25, 0.3) is 0 Å². The lowest BCUT2D eigenvalue weighted by atomic mass is 9.43. The highest BCUT2D eigenvalue weighted by Gasteiger charge is 2.61. The Hall–Kier alpha value is -5.67. The normalized spacial score (nSPS) is 24.2. The molecule has 14 rings (SSSR count). The van der Waals surface area contributed by atoms with Crippen molar-refractivity contribution in [2.75, 3.05) is 0 Å². The summed E-state index contributed by atoms with van der Waals surface area (Å²) in [5, 5.41) is 7.29. The van der Waals surface area contributed by atoms with Gasteiger partial charge in [-0.15, -0.1) is 0 Å². The van der Waals surface area contributed by atoms with E-state index in [9.17, 15) is 0 Å². The van der Waals surface area contributed by atoms with Crippen LogP contribution in [0.25, 0.3) is 82.7 Å². The molecule has 0 saturated heterocycles. The molecular weight excluding hydrogens is 633 g/mol. The van der Waals surface area contributed by atoms with Gasteiger partial charge in [0.1, 0.15) is 17.0 Å². The Morgan fingerprint density at radius 3 is 1.94 bits per heavy atom. The number of nitrogens with zero attached hydrogens (tertiary/aromatic N) is 2. The van der Waals surface area contributed by atoms with Crippen LogP contribution in [0.2, 0.25) is 0 Å². The molecule has 5 aliphatic rings. The van der Waals surface area contributed by atoms with Crippen LogP contribution in [0.1, 0.15) is 43.2 Å². The Labute approximate surface area is 301 Å².